The van der Waals surface area contributed by atoms with E-state index in [1.807, 2.05) is 47.5 Å². The third-order valence-electron chi connectivity index (χ3n) is 5.37. The Morgan fingerprint density at radius 3 is 2.85 bits per heavy atom. The van der Waals surface area contributed by atoms with Crippen molar-refractivity contribution >= 4 is 16.8 Å². The van der Waals surface area contributed by atoms with Crippen LogP contribution in [0.1, 0.15) is 35.9 Å². The van der Waals surface area contributed by atoms with Crippen LogP contribution in [-0.2, 0) is 6.54 Å². The molecule has 0 unspecified atom stereocenters. The van der Waals surface area contributed by atoms with Gasteiger partial charge in [0, 0.05) is 30.9 Å². The monoisotopic (exact) mass is 363 g/mol. The number of carbonyl (C=O) groups excluding carboxylic acids is 1. The highest BCUT2D eigenvalue weighted by molar-refractivity contribution is 5.97. The first-order valence-corrected chi connectivity index (χ1v) is 9.58. The molecule has 0 aliphatic carbocycles. The van der Waals surface area contributed by atoms with Gasteiger partial charge in [0.05, 0.1) is 29.4 Å². The Balaban J connectivity index is 1.60. The molecule has 0 spiro atoms. The molecule has 27 heavy (non-hydrogen) atoms. The summed E-state index contributed by atoms with van der Waals surface area (Å²) in [6.07, 6.45) is 3.52. The fourth-order valence-corrected chi connectivity index (χ4v) is 3.83. The molecule has 1 aliphatic rings. The molecule has 1 amide bonds. The molecule has 0 bridgehead atoms. The van der Waals surface area contributed by atoms with Crippen LogP contribution >= 0.6 is 0 Å². The summed E-state index contributed by atoms with van der Waals surface area (Å²) in [5.41, 5.74) is 2.63. The number of fused-ring (bicyclic) bond motifs is 2. The van der Waals surface area contributed by atoms with E-state index in [0.717, 1.165) is 36.2 Å². The molecule has 0 saturated heterocycles. The standard InChI is InChI=1S/C21H25N5O/c1-3-24(4-2)13-19-15-25(14-18-9-10-23-26(18)19)21(27)17-11-16-7-5-6-8-20(16)22-12-17/h5-12,19H,3-4,13-15H2,1-2H3/t19-/m0/s1. The van der Waals surface area contributed by atoms with E-state index in [9.17, 15) is 4.79 Å². The van der Waals surface area contributed by atoms with Crippen molar-refractivity contribution in [2.24, 2.45) is 0 Å². The maximum Gasteiger partial charge on any atom is 0.255 e. The second kappa shape index (κ2) is 7.48. The maximum atomic E-state index is 13.2. The molecule has 2 aromatic heterocycles. The van der Waals surface area contributed by atoms with E-state index in [0.29, 0.717) is 18.7 Å². The second-order valence-corrected chi connectivity index (χ2v) is 7.01. The van der Waals surface area contributed by atoms with Gasteiger partial charge in [-0.1, -0.05) is 32.0 Å². The van der Waals surface area contributed by atoms with Gasteiger partial charge in [0.2, 0.25) is 0 Å². The summed E-state index contributed by atoms with van der Waals surface area (Å²) in [6, 6.07) is 12.0. The predicted octanol–water partition coefficient (Wildman–Crippen LogP) is 2.97. The first kappa shape index (κ1) is 17.7. The van der Waals surface area contributed by atoms with Gasteiger partial charge >= 0.3 is 0 Å². The Labute approximate surface area is 159 Å². The number of likely N-dealkylation sites (N-methyl/N-ethyl adjacent to an activating group) is 1. The second-order valence-electron chi connectivity index (χ2n) is 7.01. The van der Waals surface area contributed by atoms with Crippen LogP contribution < -0.4 is 0 Å². The number of nitrogens with zero attached hydrogens (tertiary/aromatic N) is 5. The van der Waals surface area contributed by atoms with Crippen LogP contribution in [0.5, 0.6) is 0 Å². The highest BCUT2D eigenvalue weighted by Gasteiger charge is 2.30. The van der Waals surface area contributed by atoms with Crippen LogP contribution in [0.2, 0.25) is 0 Å². The number of rotatable bonds is 5. The minimum absolute atomic E-state index is 0.0326. The van der Waals surface area contributed by atoms with Crippen molar-refractivity contribution < 1.29 is 4.79 Å². The van der Waals surface area contributed by atoms with Crippen LogP contribution in [0.3, 0.4) is 0 Å². The van der Waals surface area contributed by atoms with E-state index in [-0.39, 0.29) is 11.9 Å². The first-order chi connectivity index (χ1) is 13.2. The van der Waals surface area contributed by atoms with Gasteiger partial charge < -0.3 is 9.80 Å². The van der Waals surface area contributed by atoms with E-state index in [4.69, 9.17) is 0 Å². The number of hydrogen-bond acceptors (Lipinski definition) is 4. The van der Waals surface area contributed by atoms with Crippen molar-refractivity contribution in [3.05, 3.63) is 60.0 Å². The fraction of sp³-hybridized carbons (Fsp3) is 0.381. The molecule has 1 aromatic carbocycles. The summed E-state index contributed by atoms with van der Waals surface area (Å²) in [5.74, 6) is 0.0326. The van der Waals surface area contributed by atoms with Crippen LogP contribution in [0, 0.1) is 0 Å². The van der Waals surface area contributed by atoms with E-state index < -0.39 is 0 Å². The summed E-state index contributed by atoms with van der Waals surface area (Å²) in [4.78, 5) is 21.9. The molecule has 140 valence electrons. The largest absolute Gasteiger partial charge is 0.331 e. The van der Waals surface area contributed by atoms with Crippen LogP contribution in [-0.4, -0.2) is 56.7 Å². The molecule has 4 rings (SSSR count). The Bertz CT molecular complexity index is 946. The molecule has 1 atom stereocenters. The molecular weight excluding hydrogens is 338 g/mol. The SMILES string of the molecule is CCN(CC)C[C@H]1CN(C(=O)c2cnc3ccccc3c2)Cc2ccnn21. The van der Waals surface area contributed by atoms with Gasteiger partial charge in [-0.15, -0.1) is 0 Å². The third kappa shape index (κ3) is 3.45. The van der Waals surface area contributed by atoms with Gasteiger partial charge in [0.25, 0.3) is 5.91 Å². The number of hydrogen-bond donors (Lipinski definition) is 0. The van der Waals surface area contributed by atoms with Gasteiger partial charge in [0.15, 0.2) is 0 Å². The zero-order valence-electron chi connectivity index (χ0n) is 15.9. The van der Waals surface area contributed by atoms with Gasteiger partial charge in [-0.2, -0.15) is 5.10 Å². The normalized spacial score (nSPS) is 16.7. The average Bonchev–Trinajstić information content (AvgIpc) is 3.19. The molecular formula is C21H25N5O. The third-order valence-corrected chi connectivity index (χ3v) is 5.37. The zero-order chi connectivity index (χ0) is 18.8. The summed E-state index contributed by atoms with van der Waals surface area (Å²) < 4.78 is 2.08. The van der Waals surface area contributed by atoms with Crippen molar-refractivity contribution in [1.82, 2.24) is 24.6 Å². The van der Waals surface area contributed by atoms with Gasteiger partial charge in [0.1, 0.15) is 0 Å². The number of amides is 1. The lowest BCUT2D eigenvalue weighted by molar-refractivity contribution is 0.0642. The molecule has 0 saturated carbocycles. The maximum absolute atomic E-state index is 13.2. The van der Waals surface area contributed by atoms with Crippen molar-refractivity contribution in [1.29, 1.82) is 0 Å². The van der Waals surface area contributed by atoms with E-state index >= 15 is 0 Å². The predicted molar refractivity (Wildman–Crippen MR) is 106 cm³/mol. The van der Waals surface area contributed by atoms with Crippen molar-refractivity contribution in [3.63, 3.8) is 0 Å². The van der Waals surface area contributed by atoms with Crippen LogP contribution in [0.4, 0.5) is 0 Å². The number of para-hydroxylation sites is 1. The molecule has 3 aromatic rings. The number of benzene rings is 1. The average molecular weight is 363 g/mol. The smallest absolute Gasteiger partial charge is 0.255 e. The molecule has 6 nitrogen and oxygen atoms in total. The first-order valence-electron chi connectivity index (χ1n) is 9.58. The summed E-state index contributed by atoms with van der Waals surface area (Å²) >= 11 is 0. The summed E-state index contributed by atoms with van der Waals surface area (Å²) in [5, 5.41) is 5.50. The van der Waals surface area contributed by atoms with E-state index in [1.54, 1.807) is 6.20 Å². The fourth-order valence-electron chi connectivity index (χ4n) is 3.83. The lowest BCUT2D eigenvalue weighted by Gasteiger charge is -2.36. The highest BCUT2D eigenvalue weighted by atomic mass is 16.2. The summed E-state index contributed by atoms with van der Waals surface area (Å²) in [7, 11) is 0. The molecule has 1 aliphatic heterocycles. The minimum atomic E-state index is 0.0326. The van der Waals surface area contributed by atoms with Crippen LogP contribution in [0.15, 0.2) is 48.8 Å². The lowest BCUT2D eigenvalue weighted by atomic mass is 10.1. The minimum Gasteiger partial charge on any atom is -0.331 e. The molecule has 3 heterocycles. The number of carbonyl (C=O) groups is 1. The number of pyridine rings is 1. The molecule has 0 fully saturated rings. The van der Waals surface area contributed by atoms with E-state index in [1.165, 1.54) is 0 Å². The Kier molecular flexibility index (Phi) is 4.90. The topological polar surface area (TPSA) is 54.3 Å². The lowest BCUT2D eigenvalue weighted by Crippen LogP contribution is -2.45. The molecule has 0 radical (unpaired) electrons. The van der Waals surface area contributed by atoms with Crippen molar-refractivity contribution in [3.8, 4) is 0 Å². The van der Waals surface area contributed by atoms with Crippen molar-refractivity contribution in [2.75, 3.05) is 26.2 Å². The Morgan fingerprint density at radius 1 is 1.22 bits per heavy atom. The summed E-state index contributed by atoms with van der Waals surface area (Å²) in [6.45, 7) is 8.46. The molecule has 6 heteroatoms. The van der Waals surface area contributed by atoms with Crippen molar-refractivity contribution in [2.45, 2.75) is 26.4 Å². The quantitative estimate of drug-likeness (QED) is 0.699. The Hall–Kier alpha value is -2.73. The van der Waals surface area contributed by atoms with Crippen LogP contribution in [0.25, 0.3) is 10.9 Å². The van der Waals surface area contributed by atoms with Gasteiger partial charge in [-0.3, -0.25) is 14.5 Å². The van der Waals surface area contributed by atoms with E-state index in [2.05, 4.69) is 33.5 Å². The Morgan fingerprint density at radius 2 is 2.04 bits per heavy atom. The van der Waals surface area contributed by atoms with Gasteiger partial charge in [-0.05, 0) is 31.3 Å². The molecule has 0 N–H and O–H groups in total. The zero-order valence-corrected chi connectivity index (χ0v) is 15.9. The highest BCUT2D eigenvalue weighted by Crippen LogP contribution is 2.23. The van der Waals surface area contributed by atoms with Gasteiger partial charge in [-0.25, -0.2) is 0 Å². The number of aromatic nitrogens is 3.